The minimum Gasteiger partial charge on any atom is -0.505 e. The van der Waals surface area contributed by atoms with Gasteiger partial charge in [-0.1, -0.05) is 52.6 Å². The maximum absolute atomic E-state index is 11.4. The van der Waals surface area contributed by atoms with Crippen LogP contribution in [0.1, 0.15) is 18.1 Å². The molecule has 0 bridgehead atoms. The van der Waals surface area contributed by atoms with Crippen LogP contribution in [0.4, 0.5) is 0 Å². The Balaban J connectivity index is 1.29. The van der Waals surface area contributed by atoms with E-state index in [-0.39, 0.29) is 27.7 Å². The summed E-state index contributed by atoms with van der Waals surface area (Å²) in [4.78, 5) is 19.9. The van der Waals surface area contributed by atoms with Gasteiger partial charge in [0.2, 0.25) is 5.91 Å². The Kier molecular flexibility index (Phi) is 7.27. The fourth-order valence-electron chi connectivity index (χ4n) is 3.54. The lowest BCUT2D eigenvalue weighted by atomic mass is 10.1. The van der Waals surface area contributed by atoms with E-state index in [9.17, 15) is 9.90 Å². The highest BCUT2D eigenvalue weighted by Gasteiger charge is 2.18. The molecule has 1 amide bonds. The summed E-state index contributed by atoms with van der Waals surface area (Å²) in [5, 5.41) is 18.0. The number of carbonyl (C=O) groups is 1. The monoisotopic (exact) mass is 487 g/mol. The average molecular weight is 488 g/mol. The summed E-state index contributed by atoms with van der Waals surface area (Å²) in [5.74, 6) is -0.0356. The van der Waals surface area contributed by atoms with E-state index in [2.05, 4.69) is 32.2 Å². The van der Waals surface area contributed by atoms with E-state index < -0.39 is 0 Å². The Morgan fingerprint density at radius 1 is 1.03 bits per heavy atom. The number of halogens is 2. The van der Waals surface area contributed by atoms with E-state index in [0.29, 0.717) is 17.9 Å². The molecule has 33 heavy (non-hydrogen) atoms. The van der Waals surface area contributed by atoms with Gasteiger partial charge >= 0.3 is 6.01 Å². The van der Waals surface area contributed by atoms with E-state index in [4.69, 9.17) is 27.9 Å². The Morgan fingerprint density at radius 2 is 1.67 bits per heavy atom. The molecule has 1 saturated heterocycles. The van der Waals surface area contributed by atoms with E-state index in [0.717, 1.165) is 38.3 Å². The third kappa shape index (κ3) is 5.90. The van der Waals surface area contributed by atoms with Gasteiger partial charge in [-0.2, -0.15) is 0 Å². The highest BCUT2D eigenvalue weighted by atomic mass is 35.5. The largest absolute Gasteiger partial charge is 0.505 e. The number of phenolic OH excluding ortho intramolecular Hbond substituents is 1. The lowest BCUT2D eigenvalue weighted by molar-refractivity contribution is -0.130. The fourth-order valence-corrected chi connectivity index (χ4v) is 4.03. The van der Waals surface area contributed by atoms with E-state index in [1.807, 2.05) is 17.0 Å². The van der Waals surface area contributed by atoms with Crippen LogP contribution >= 0.6 is 23.2 Å². The van der Waals surface area contributed by atoms with Crippen molar-refractivity contribution in [1.82, 2.24) is 25.0 Å². The van der Waals surface area contributed by atoms with Crippen molar-refractivity contribution in [1.29, 1.82) is 0 Å². The summed E-state index contributed by atoms with van der Waals surface area (Å²) in [6.07, 6.45) is 1.51. The molecule has 2 aromatic carbocycles. The standard InChI is InChI=1S/C23H23Cl2N5O3/c1-15(31)30-8-6-29(7-9-30)13-16-2-4-17(5-3-16)14-33-23-26-12-21(27-28-23)18-10-19(24)22(32)20(25)11-18/h2-5,10-12,32H,6-9,13-14H2,1H3. The van der Waals surface area contributed by atoms with Crippen LogP contribution in [0.3, 0.4) is 0 Å². The second-order valence-corrected chi connectivity index (χ2v) is 8.62. The summed E-state index contributed by atoms with van der Waals surface area (Å²) >= 11 is 11.9. The highest BCUT2D eigenvalue weighted by Crippen LogP contribution is 2.35. The normalized spacial score (nSPS) is 14.3. The number of hydrogen-bond donors (Lipinski definition) is 1. The molecule has 0 unspecified atom stereocenters. The zero-order chi connectivity index (χ0) is 23.4. The molecule has 0 atom stereocenters. The number of hydrogen-bond acceptors (Lipinski definition) is 7. The lowest BCUT2D eigenvalue weighted by Gasteiger charge is -2.34. The number of benzene rings is 2. The smallest absolute Gasteiger partial charge is 0.336 e. The van der Waals surface area contributed by atoms with Gasteiger partial charge in [-0.3, -0.25) is 9.69 Å². The fraction of sp³-hybridized carbons (Fsp3) is 0.304. The summed E-state index contributed by atoms with van der Waals surface area (Å²) < 4.78 is 5.65. The van der Waals surface area contributed by atoms with Gasteiger partial charge in [0.1, 0.15) is 12.3 Å². The van der Waals surface area contributed by atoms with Crippen molar-refractivity contribution >= 4 is 29.1 Å². The third-order valence-electron chi connectivity index (χ3n) is 5.47. The number of aromatic nitrogens is 3. The zero-order valence-corrected chi connectivity index (χ0v) is 19.6. The molecule has 1 aliphatic heterocycles. The van der Waals surface area contributed by atoms with Gasteiger partial charge in [-0.25, -0.2) is 4.98 Å². The first-order valence-corrected chi connectivity index (χ1v) is 11.2. The third-order valence-corrected chi connectivity index (χ3v) is 6.04. The minimum absolute atomic E-state index is 0.126. The van der Waals surface area contributed by atoms with Gasteiger partial charge in [-0.15, -0.1) is 5.10 Å². The Hall–Kier alpha value is -2.94. The number of rotatable bonds is 6. The Morgan fingerprint density at radius 3 is 2.24 bits per heavy atom. The minimum atomic E-state index is -0.176. The highest BCUT2D eigenvalue weighted by molar-refractivity contribution is 6.37. The van der Waals surface area contributed by atoms with Crippen LogP contribution in [0.25, 0.3) is 11.3 Å². The van der Waals surface area contributed by atoms with Crippen LogP contribution < -0.4 is 4.74 Å². The molecule has 1 fully saturated rings. The SMILES string of the molecule is CC(=O)N1CCN(Cc2ccc(COc3ncc(-c4cc(Cl)c(O)c(Cl)c4)nn3)cc2)CC1. The van der Waals surface area contributed by atoms with Gasteiger partial charge in [0, 0.05) is 45.2 Å². The van der Waals surface area contributed by atoms with Gasteiger partial charge in [0.05, 0.1) is 16.2 Å². The first-order valence-electron chi connectivity index (χ1n) is 10.5. The van der Waals surface area contributed by atoms with Crippen molar-refractivity contribution in [2.45, 2.75) is 20.1 Å². The molecule has 10 heteroatoms. The molecule has 0 spiro atoms. The summed E-state index contributed by atoms with van der Waals surface area (Å²) in [7, 11) is 0. The molecule has 0 radical (unpaired) electrons. The van der Waals surface area contributed by atoms with Gasteiger partial charge in [0.15, 0.2) is 5.75 Å². The number of ether oxygens (including phenoxy) is 1. The average Bonchev–Trinajstić information content (AvgIpc) is 2.82. The predicted octanol–water partition coefficient (Wildman–Crippen LogP) is 3.79. The number of nitrogens with zero attached hydrogens (tertiary/aromatic N) is 5. The van der Waals surface area contributed by atoms with Crippen LogP contribution in [0, 0.1) is 0 Å². The van der Waals surface area contributed by atoms with Crippen LogP contribution in [0.5, 0.6) is 11.8 Å². The molecule has 3 aromatic rings. The Bertz CT molecular complexity index is 1090. The second-order valence-electron chi connectivity index (χ2n) is 7.80. The van der Waals surface area contributed by atoms with E-state index in [1.54, 1.807) is 19.1 Å². The molecule has 8 nitrogen and oxygen atoms in total. The number of piperazine rings is 1. The van der Waals surface area contributed by atoms with Crippen molar-refractivity contribution < 1.29 is 14.6 Å². The van der Waals surface area contributed by atoms with Crippen LogP contribution in [-0.4, -0.2) is 62.2 Å². The number of amides is 1. The molecule has 1 N–H and O–H groups in total. The van der Waals surface area contributed by atoms with Crippen molar-refractivity contribution in [3.63, 3.8) is 0 Å². The van der Waals surface area contributed by atoms with E-state index in [1.165, 1.54) is 11.8 Å². The van der Waals surface area contributed by atoms with E-state index >= 15 is 0 Å². The summed E-state index contributed by atoms with van der Waals surface area (Å²) in [6.45, 7) is 6.11. The van der Waals surface area contributed by atoms with Crippen LogP contribution in [0.15, 0.2) is 42.6 Å². The van der Waals surface area contributed by atoms with Crippen molar-refractivity contribution in [3.8, 4) is 23.0 Å². The first-order chi connectivity index (χ1) is 15.9. The summed E-state index contributed by atoms with van der Waals surface area (Å²) in [6, 6.07) is 11.4. The van der Waals surface area contributed by atoms with Crippen molar-refractivity contribution in [2.75, 3.05) is 26.2 Å². The molecule has 0 saturated carbocycles. The van der Waals surface area contributed by atoms with Gasteiger partial charge in [0.25, 0.3) is 0 Å². The maximum Gasteiger partial charge on any atom is 0.336 e. The molecular weight excluding hydrogens is 465 g/mol. The number of aromatic hydroxyl groups is 1. The molecule has 1 aliphatic rings. The van der Waals surface area contributed by atoms with Crippen molar-refractivity contribution in [2.24, 2.45) is 0 Å². The maximum atomic E-state index is 11.4. The number of carbonyl (C=O) groups excluding carboxylic acids is 1. The van der Waals surface area contributed by atoms with Crippen molar-refractivity contribution in [3.05, 3.63) is 63.8 Å². The lowest BCUT2D eigenvalue weighted by Crippen LogP contribution is -2.47. The van der Waals surface area contributed by atoms with Crippen LogP contribution in [0.2, 0.25) is 10.0 Å². The molecular formula is C23H23Cl2N5O3. The molecule has 4 rings (SSSR count). The predicted molar refractivity (Wildman–Crippen MR) is 125 cm³/mol. The Labute approximate surface area is 201 Å². The summed E-state index contributed by atoms with van der Waals surface area (Å²) in [5.41, 5.74) is 3.25. The second kappa shape index (κ2) is 10.3. The van der Waals surface area contributed by atoms with Gasteiger partial charge in [-0.05, 0) is 23.3 Å². The van der Waals surface area contributed by atoms with Crippen LogP contribution in [-0.2, 0) is 17.9 Å². The quantitative estimate of drug-likeness (QED) is 0.565. The topological polar surface area (TPSA) is 91.7 Å². The number of phenols is 1. The molecule has 172 valence electrons. The molecule has 0 aliphatic carbocycles. The first kappa shape index (κ1) is 23.2. The van der Waals surface area contributed by atoms with Gasteiger partial charge < -0.3 is 14.7 Å². The zero-order valence-electron chi connectivity index (χ0n) is 18.0. The molecule has 2 heterocycles. The molecule has 1 aromatic heterocycles.